The van der Waals surface area contributed by atoms with Crippen molar-refractivity contribution in [2.75, 3.05) is 46.7 Å². The van der Waals surface area contributed by atoms with Crippen LogP contribution in [0.3, 0.4) is 0 Å². The molecule has 11 heteroatoms. The molecule has 0 saturated carbocycles. The average Bonchev–Trinajstić information content (AvgIpc) is 2.48. The molecule has 0 heterocycles. The Kier molecular flexibility index (Phi) is 7.11. The van der Waals surface area contributed by atoms with E-state index in [4.69, 9.17) is 40.5 Å². The van der Waals surface area contributed by atoms with Gasteiger partial charge in [-0.15, -0.1) is 0 Å². The third kappa shape index (κ3) is 8.50. The van der Waals surface area contributed by atoms with Gasteiger partial charge in [-0.05, 0) is 36.4 Å². The maximum Gasteiger partial charge on any atom is 0.394 e. The lowest BCUT2D eigenvalue weighted by molar-refractivity contribution is 0.381. The summed E-state index contributed by atoms with van der Waals surface area (Å²) >= 11 is 0. The van der Waals surface area contributed by atoms with Crippen LogP contribution in [0.25, 0.3) is 0 Å². The second-order valence-electron chi connectivity index (χ2n) is 4.99. The van der Waals surface area contributed by atoms with Crippen LogP contribution in [0.1, 0.15) is 0 Å². The molecule has 2 aromatic rings. The highest BCUT2D eigenvalue weighted by Gasteiger charge is 2.01. The minimum absolute atomic E-state index is 0.669. The summed E-state index contributed by atoms with van der Waals surface area (Å²) in [5, 5.41) is 6.44. The zero-order valence-electron chi connectivity index (χ0n) is 13.3. The maximum atomic E-state index is 8.74. The van der Waals surface area contributed by atoms with E-state index in [1.807, 2.05) is 12.1 Å². The molecular formula is C14H22N6O4S. The Morgan fingerprint density at radius 2 is 1.08 bits per heavy atom. The van der Waals surface area contributed by atoms with Gasteiger partial charge in [-0.3, -0.25) is 9.11 Å². The molecule has 0 radical (unpaired) electrons. The topological polar surface area (TPSA) is 203 Å². The second kappa shape index (κ2) is 8.82. The molecule has 10 nitrogen and oxygen atoms in total. The highest BCUT2D eigenvalue weighted by atomic mass is 32.3. The van der Waals surface area contributed by atoms with Gasteiger partial charge >= 0.3 is 10.4 Å². The minimum atomic E-state index is -4.67. The van der Waals surface area contributed by atoms with E-state index in [0.717, 1.165) is 11.4 Å². The van der Waals surface area contributed by atoms with Gasteiger partial charge in [0.15, 0.2) is 0 Å². The van der Waals surface area contributed by atoms with Crippen LogP contribution in [0.4, 0.5) is 34.1 Å². The molecule has 0 aliphatic rings. The second-order valence-corrected chi connectivity index (χ2v) is 5.89. The molecule has 138 valence electrons. The number of nitrogen functional groups attached to an aromatic ring is 4. The quantitative estimate of drug-likeness (QED) is 0.212. The standard InChI is InChI=1S/C14H20N6.H2O4S/c15-9-1-3-11(17)13(7-9)19-5-6-20-14-8-10(16)2-4-12(14)18;1-5(2,3)4/h1-4,7-8,19-20H,5-6,15-18H2;(H2,1,2,3,4). The number of nitrogens with one attached hydrogen (secondary N) is 2. The average molecular weight is 370 g/mol. The fourth-order valence-electron chi connectivity index (χ4n) is 1.85. The highest BCUT2D eigenvalue weighted by molar-refractivity contribution is 7.79. The minimum Gasteiger partial charge on any atom is -0.399 e. The smallest absolute Gasteiger partial charge is 0.394 e. The van der Waals surface area contributed by atoms with Crippen LogP contribution in [0.5, 0.6) is 0 Å². The van der Waals surface area contributed by atoms with E-state index in [9.17, 15) is 0 Å². The van der Waals surface area contributed by atoms with Crippen LogP contribution in [0.2, 0.25) is 0 Å². The van der Waals surface area contributed by atoms with E-state index >= 15 is 0 Å². The molecule has 0 bridgehead atoms. The van der Waals surface area contributed by atoms with Gasteiger partial charge in [-0.1, -0.05) is 0 Å². The van der Waals surface area contributed by atoms with E-state index in [0.29, 0.717) is 35.8 Å². The Bertz CT molecular complexity index is 751. The monoisotopic (exact) mass is 370 g/mol. The molecule has 0 atom stereocenters. The summed E-state index contributed by atoms with van der Waals surface area (Å²) in [4.78, 5) is 0. The Morgan fingerprint density at radius 3 is 1.40 bits per heavy atom. The fourth-order valence-corrected chi connectivity index (χ4v) is 1.85. The van der Waals surface area contributed by atoms with Crippen molar-refractivity contribution in [3.05, 3.63) is 36.4 Å². The predicted molar refractivity (Wildman–Crippen MR) is 102 cm³/mol. The molecule has 0 amide bonds. The van der Waals surface area contributed by atoms with Crippen molar-refractivity contribution in [1.29, 1.82) is 0 Å². The van der Waals surface area contributed by atoms with Crippen molar-refractivity contribution in [3.8, 4) is 0 Å². The maximum absolute atomic E-state index is 8.74. The summed E-state index contributed by atoms with van der Waals surface area (Å²) in [7, 11) is -4.67. The zero-order chi connectivity index (χ0) is 19.0. The predicted octanol–water partition coefficient (Wildman–Crippen LogP) is 0.887. The highest BCUT2D eigenvalue weighted by Crippen LogP contribution is 2.22. The first-order valence-corrected chi connectivity index (χ1v) is 8.43. The van der Waals surface area contributed by atoms with Crippen LogP contribution in [0.15, 0.2) is 36.4 Å². The van der Waals surface area contributed by atoms with Crippen LogP contribution in [-0.4, -0.2) is 30.6 Å². The molecule has 0 aromatic heterocycles. The summed E-state index contributed by atoms with van der Waals surface area (Å²) in [5.41, 5.74) is 27.5. The lowest BCUT2D eigenvalue weighted by Gasteiger charge is -2.13. The van der Waals surface area contributed by atoms with Gasteiger partial charge in [-0.25, -0.2) is 0 Å². The Morgan fingerprint density at radius 1 is 0.760 bits per heavy atom. The van der Waals surface area contributed by atoms with E-state index in [-0.39, 0.29) is 0 Å². The first-order valence-electron chi connectivity index (χ1n) is 7.04. The summed E-state index contributed by atoms with van der Waals surface area (Å²) in [6, 6.07) is 10.7. The van der Waals surface area contributed by atoms with E-state index in [1.165, 1.54) is 0 Å². The van der Waals surface area contributed by atoms with Crippen molar-refractivity contribution >= 4 is 44.5 Å². The Balaban J connectivity index is 0.000000550. The van der Waals surface area contributed by atoms with Gasteiger partial charge in [0.1, 0.15) is 0 Å². The first-order chi connectivity index (χ1) is 11.6. The SMILES string of the molecule is Nc1ccc(N)c(NCCNc2cc(N)ccc2N)c1.O=S(=O)(O)O. The number of anilines is 6. The van der Waals surface area contributed by atoms with Gasteiger partial charge in [0.2, 0.25) is 0 Å². The van der Waals surface area contributed by atoms with Gasteiger partial charge in [0.25, 0.3) is 0 Å². The number of benzene rings is 2. The molecule has 2 rings (SSSR count). The number of rotatable bonds is 5. The van der Waals surface area contributed by atoms with E-state index in [2.05, 4.69) is 10.6 Å². The molecule has 0 aliphatic heterocycles. The molecule has 0 saturated heterocycles. The Labute approximate surface area is 145 Å². The van der Waals surface area contributed by atoms with E-state index in [1.54, 1.807) is 24.3 Å². The summed E-state index contributed by atoms with van der Waals surface area (Å²) in [6.45, 7) is 1.36. The van der Waals surface area contributed by atoms with Gasteiger partial charge in [0.05, 0.1) is 22.7 Å². The molecular weight excluding hydrogens is 348 g/mol. The molecule has 0 spiro atoms. The van der Waals surface area contributed by atoms with Crippen LogP contribution in [0, 0.1) is 0 Å². The number of hydrogen-bond donors (Lipinski definition) is 8. The van der Waals surface area contributed by atoms with Crippen molar-refractivity contribution in [1.82, 2.24) is 0 Å². The number of nitrogens with two attached hydrogens (primary N) is 4. The van der Waals surface area contributed by atoms with Gasteiger partial charge in [0, 0.05) is 24.5 Å². The zero-order valence-corrected chi connectivity index (χ0v) is 14.1. The summed E-state index contributed by atoms with van der Waals surface area (Å²) < 4.78 is 31.6. The van der Waals surface area contributed by atoms with Crippen molar-refractivity contribution < 1.29 is 17.5 Å². The lowest BCUT2D eigenvalue weighted by Crippen LogP contribution is -2.15. The first kappa shape index (κ1) is 20.2. The largest absolute Gasteiger partial charge is 0.399 e. The lowest BCUT2D eigenvalue weighted by atomic mass is 10.2. The third-order valence-corrected chi connectivity index (χ3v) is 2.91. The third-order valence-electron chi connectivity index (χ3n) is 2.91. The van der Waals surface area contributed by atoms with Crippen LogP contribution >= 0.6 is 0 Å². The molecule has 12 N–H and O–H groups in total. The van der Waals surface area contributed by atoms with Crippen molar-refractivity contribution in [3.63, 3.8) is 0 Å². The van der Waals surface area contributed by atoms with Gasteiger partial charge in [-0.2, -0.15) is 8.42 Å². The number of hydrogen-bond acceptors (Lipinski definition) is 8. The summed E-state index contributed by atoms with van der Waals surface area (Å²) in [6.07, 6.45) is 0. The molecule has 0 aliphatic carbocycles. The summed E-state index contributed by atoms with van der Waals surface area (Å²) in [5.74, 6) is 0. The van der Waals surface area contributed by atoms with Crippen LogP contribution in [-0.2, 0) is 10.4 Å². The fraction of sp³-hybridized carbons (Fsp3) is 0.143. The molecule has 2 aromatic carbocycles. The van der Waals surface area contributed by atoms with E-state index < -0.39 is 10.4 Å². The molecule has 25 heavy (non-hydrogen) atoms. The van der Waals surface area contributed by atoms with Crippen LogP contribution < -0.4 is 33.6 Å². The normalized spacial score (nSPS) is 10.5. The van der Waals surface area contributed by atoms with Crippen molar-refractivity contribution in [2.45, 2.75) is 0 Å². The molecule has 0 unspecified atom stereocenters. The van der Waals surface area contributed by atoms with Crippen molar-refractivity contribution in [2.24, 2.45) is 0 Å². The van der Waals surface area contributed by atoms with Gasteiger partial charge < -0.3 is 33.6 Å². The Hall–Kier alpha value is -2.89. The molecule has 0 fully saturated rings.